The summed E-state index contributed by atoms with van der Waals surface area (Å²) in [6.45, 7) is 2.55. The van der Waals surface area contributed by atoms with Gasteiger partial charge in [-0.05, 0) is 43.5 Å². The first-order chi connectivity index (χ1) is 12.0. The van der Waals surface area contributed by atoms with Gasteiger partial charge in [-0.15, -0.1) is 0 Å². The summed E-state index contributed by atoms with van der Waals surface area (Å²) in [4.78, 5) is 14.2. The summed E-state index contributed by atoms with van der Waals surface area (Å²) in [5.74, 6) is -1.64. The lowest BCUT2D eigenvalue weighted by atomic mass is 10.0. The Balaban J connectivity index is 1.65. The number of carbonyl (C=O) groups is 1. The molecule has 2 aromatic carbocycles. The van der Waals surface area contributed by atoms with E-state index in [1.807, 2.05) is 23.1 Å². The Hall–Kier alpha value is -2.76. The van der Waals surface area contributed by atoms with Crippen molar-refractivity contribution in [3.8, 4) is 0 Å². The number of hydrogen-bond donors (Lipinski definition) is 1. The van der Waals surface area contributed by atoms with Gasteiger partial charge in [0.05, 0.1) is 12.3 Å². The van der Waals surface area contributed by atoms with Crippen molar-refractivity contribution in [3.05, 3.63) is 65.2 Å². The summed E-state index contributed by atoms with van der Waals surface area (Å²) in [6.07, 6.45) is 2.00. The molecule has 3 rings (SSSR count). The molecule has 4 nitrogen and oxygen atoms in total. The molecule has 1 heterocycles. The average molecular weight is 343 g/mol. The smallest absolute Gasteiger partial charge is 0.259 e. The molecule has 0 saturated carbocycles. The summed E-state index contributed by atoms with van der Waals surface area (Å²) < 4.78 is 26.7. The number of para-hydroxylation sites is 1. The van der Waals surface area contributed by atoms with Gasteiger partial charge < -0.3 is 4.90 Å². The Morgan fingerprint density at radius 1 is 1.24 bits per heavy atom. The van der Waals surface area contributed by atoms with Crippen molar-refractivity contribution < 1.29 is 13.6 Å². The number of benzene rings is 2. The highest BCUT2D eigenvalue weighted by molar-refractivity contribution is 5.99. The molecule has 1 aliphatic rings. The molecule has 0 radical (unpaired) electrons. The molecule has 0 spiro atoms. The van der Waals surface area contributed by atoms with Crippen LogP contribution in [0.2, 0.25) is 0 Å². The number of rotatable bonds is 4. The third-order valence-electron chi connectivity index (χ3n) is 4.21. The standard InChI is InChI=1S/C19H19F2N3O/c1-13(16-9-8-15(20)11-17(16)21)22-23-19(25)12-24-10-4-6-14-5-2-3-7-18(14)24/h2-3,5,7-9,11H,4,6,10,12H2,1H3,(H,23,25)/b22-13-. The highest BCUT2D eigenvalue weighted by Crippen LogP contribution is 2.26. The van der Waals surface area contributed by atoms with Crippen LogP contribution in [0.15, 0.2) is 47.6 Å². The van der Waals surface area contributed by atoms with Crippen LogP contribution < -0.4 is 10.3 Å². The first-order valence-electron chi connectivity index (χ1n) is 8.16. The predicted molar refractivity (Wildman–Crippen MR) is 93.7 cm³/mol. The van der Waals surface area contributed by atoms with E-state index < -0.39 is 11.6 Å². The number of hydrogen-bond acceptors (Lipinski definition) is 3. The second-order valence-electron chi connectivity index (χ2n) is 6.01. The zero-order valence-corrected chi connectivity index (χ0v) is 13.9. The van der Waals surface area contributed by atoms with E-state index in [9.17, 15) is 13.6 Å². The molecule has 0 aliphatic carbocycles. The van der Waals surface area contributed by atoms with Crippen LogP contribution in [0.3, 0.4) is 0 Å². The SMILES string of the molecule is C/C(=N/NC(=O)CN1CCCc2ccccc21)c1ccc(F)cc1F. The summed E-state index contributed by atoms with van der Waals surface area (Å²) in [5.41, 5.74) is 5.18. The van der Waals surface area contributed by atoms with Gasteiger partial charge in [0.25, 0.3) is 5.91 Å². The van der Waals surface area contributed by atoms with E-state index in [1.165, 1.54) is 11.6 Å². The second kappa shape index (κ2) is 7.42. The fraction of sp³-hybridized carbons (Fsp3) is 0.263. The van der Waals surface area contributed by atoms with Gasteiger partial charge in [0.15, 0.2) is 0 Å². The van der Waals surface area contributed by atoms with Crippen LogP contribution in [0.25, 0.3) is 0 Å². The Kier molecular flexibility index (Phi) is 5.07. The highest BCUT2D eigenvalue weighted by atomic mass is 19.1. The number of aryl methyl sites for hydroxylation is 1. The molecule has 1 amide bonds. The molecular formula is C19H19F2N3O. The summed E-state index contributed by atoms with van der Waals surface area (Å²) >= 11 is 0. The number of nitrogens with one attached hydrogen (secondary N) is 1. The Morgan fingerprint density at radius 3 is 2.84 bits per heavy atom. The Bertz CT molecular complexity index is 820. The molecule has 0 bridgehead atoms. The van der Waals surface area contributed by atoms with Crippen LogP contribution in [0.4, 0.5) is 14.5 Å². The van der Waals surface area contributed by atoms with Gasteiger partial charge in [-0.1, -0.05) is 18.2 Å². The van der Waals surface area contributed by atoms with Gasteiger partial charge >= 0.3 is 0 Å². The molecular weight excluding hydrogens is 324 g/mol. The van der Waals surface area contributed by atoms with E-state index in [0.29, 0.717) is 0 Å². The zero-order chi connectivity index (χ0) is 17.8. The van der Waals surface area contributed by atoms with Gasteiger partial charge in [-0.3, -0.25) is 4.79 Å². The number of carbonyl (C=O) groups excluding carboxylic acids is 1. The first-order valence-corrected chi connectivity index (χ1v) is 8.16. The predicted octanol–water partition coefficient (Wildman–Crippen LogP) is 3.26. The van der Waals surface area contributed by atoms with Crippen molar-refractivity contribution in [3.63, 3.8) is 0 Å². The maximum atomic E-state index is 13.7. The third kappa shape index (κ3) is 4.02. The normalized spacial score (nSPS) is 14.2. The molecule has 6 heteroatoms. The quantitative estimate of drug-likeness (QED) is 0.684. The van der Waals surface area contributed by atoms with Gasteiger partial charge in [-0.25, -0.2) is 14.2 Å². The van der Waals surface area contributed by atoms with Crippen LogP contribution in [0.5, 0.6) is 0 Å². The van der Waals surface area contributed by atoms with Crippen molar-refractivity contribution in [2.45, 2.75) is 19.8 Å². The number of amides is 1. The van der Waals surface area contributed by atoms with E-state index in [2.05, 4.69) is 16.6 Å². The molecule has 1 N–H and O–H groups in total. The van der Waals surface area contributed by atoms with Crippen LogP contribution in [0.1, 0.15) is 24.5 Å². The van der Waals surface area contributed by atoms with Crippen molar-refractivity contribution in [2.75, 3.05) is 18.0 Å². The number of halogens is 2. The Labute approximate surface area is 145 Å². The van der Waals surface area contributed by atoms with Gasteiger partial charge in [0.2, 0.25) is 0 Å². The summed E-state index contributed by atoms with van der Waals surface area (Å²) in [6, 6.07) is 11.3. The van der Waals surface area contributed by atoms with Crippen molar-refractivity contribution >= 4 is 17.3 Å². The molecule has 0 atom stereocenters. The highest BCUT2D eigenvalue weighted by Gasteiger charge is 2.18. The molecule has 2 aromatic rings. The number of fused-ring (bicyclic) bond motifs is 1. The van der Waals surface area contributed by atoms with Crippen molar-refractivity contribution in [1.82, 2.24) is 5.43 Å². The average Bonchev–Trinajstić information content (AvgIpc) is 2.60. The minimum absolute atomic E-state index is 0.157. The van der Waals surface area contributed by atoms with Gasteiger partial charge in [0.1, 0.15) is 11.6 Å². The Morgan fingerprint density at radius 2 is 2.04 bits per heavy atom. The minimum atomic E-state index is -0.708. The van der Waals surface area contributed by atoms with E-state index in [1.54, 1.807) is 6.92 Å². The van der Waals surface area contributed by atoms with Crippen LogP contribution in [0, 0.1) is 11.6 Å². The molecule has 1 aliphatic heterocycles. The first kappa shape index (κ1) is 17.1. The maximum Gasteiger partial charge on any atom is 0.259 e. The lowest BCUT2D eigenvalue weighted by Crippen LogP contribution is -2.38. The lowest BCUT2D eigenvalue weighted by Gasteiger charge is -2.30. The molecule has 0 saturated heterocycles. The largest absolute Gasteiger partial charge is 0.362 e. The summed E-state index contributed by atoms with van der Waals surface area (Å²) in [5, 5.41) is 3.93. The third-order valence-corrected chi connectivity index (χ3v) is 4.21. The topological polar surface area (TPSA) is 44.7 Å². The monoisotopic (exact) mass is 343 g/mol. The maximum absolute atomic E-state index is 13.7. The van der Waals surface area contributed by atoms with E-state index in [4.69, 9.17) is 0 Å². The number of anilines is 1. The molecule has 130 valence electrons. The van der Waals surface area contributed by atoms with Crippen molar-refractivity contribution in [1.29, 1.82) is 0 Å². The fourth-order valence-electron chi connectivity index (χ4n) is 2.97. The number of hydrazone groups is 1. The van der Waals surface area contributed by atoms with E-state index in [0.717, 1.165) is 37.2 Å². The van der Waals surface area contributed by atoms with Crippen LogP contribution >= 0.6 is 0 Å². The van der Waals surface area contributed by atoms with E-state index >= 15 is 0 Å². The van der Waals surface area contributed by atoms with Gasteiger partial charge in [0, 0.05) is 23.9 Å². The fourth-order valence-corrected chi connectivity index (χ4v) is 2.97. The van der Waals surface area contributed by atoms with E-state index in [-0.39, 0.29) is 23.7 Å². The summed E-state index contributed by atoms with van der Waals surface area (Å²) in [7, 11) is 0. The minimum Gasteiger partial charge on any atom is -0.362 e. The van der Waals surface area contributed by atoms with Gasteiger partial charge in [-0.2, -0.15) is 5.10 Å². The second-order valence-corrected chi connectivity index (χ2v) is 6.01. The zero-order valence-electron chi connectivity index (χ0n) is 13.9. The molecule has 0 aromatic heterocycles. The van der Waals surface area contributed by atoms with Crippen molar-refractivity contribution in [2.24, 2.45) is 5.10 Å². The molecule has 25 heavy (non-hydrogen) atoms. The lowest BCUT2D eigenvalue weighted by molar-refractivity contribution is -0.119. The van der Waals surface area contributed by atoms with Crippen LogP contribution in [-0.2, 0) is 11.2 Å². The van der Waals surface area contributed by atoms with Crippen LogP contribution in [-0.4, -0.2) is 24.7 Å². The molecule has 0 unspecified atom stereocenters. The molecule has 0 fully saturated rings. The number of nitrogens with zero attached hydrogens (tertiary/aromatic N) is 2.